The van der Waals surface area contributed by atoms with Gasteiger partial charge in [0.25, 0.3) is 5.91 Å². The third-order valence-electron chi connectivity index (χ3n) is 4.85. The van der Waals surface area contributed by atoms with Crippen LogP contribution in [0.15, 0.2) is 77.0 Å². The lowest BCUT2D eigenvalue weighted by Gasteiger charge is -2.21. The van der Waals surface area contributed by atoms with Crippen molar-refractivity contribution in [1.29, 1.82) is 0 Å². The largest absolute Gasteiger partial charge is 0.397 e. The smallest absolute Gasteiger partial charge is 0.255 e. The third kappa shape index (κ3) is 5.23. The van der Waals surface area contributed by atoms with Gasteiger partial charge in [-0.25, -0.2) is 0 Å². The Morgan fingerprint density at radius 3 is 2.20 bits per heavy atom. The highest BCUT2D eigenvalue weighted by molar-refractivity contribution is 6.04. The maximum atomic E-state index is 12.3. The highest BCUT2D eigenvalue weighted by Crippen LogP contribution is 2.29. The summed E-state index contributed by atoms with van der Waals surface area (Å²) in [5.41, 5.74) is 11.5. The van der Waals surface area contributed by atoms with Crippen LogP contribution in [0.25, 0.3) is 0 Å². The van der Waals surface area contributed by atoms with Gasteiger partial charge in [0.05, 0.1) is 11.4 Å². The minimum atomic E-state index is -0.148. The molecule has 0 aliphatic rings. The summed E-state index contributed by atoms with van der Waals surface area (Å²) in [7, 11) is 0. The molecule has 3 aromatic rings. The number of rotatable bonds is 7. The Hall–Kier alpha value is -3.67. The van der Waals surface area contributed by atoms with E-state index in [1.807, 2.05) is 49.4 Å². The fourth-order valence-corrected chi connectivity index (χ4v) is 3.05. The summed E-state index contributed by atoms with van der Waals surface area (Å²) in [6.07, 6.45) is 0. The van der Waals surface area contributed by atoms with Crippen molar-refractivity contribution in [3.8, 4) is 0 Å². The van der Waals surface area contributed by atoms with Crippen LogP contribution in [-0.4, -0.2) is 19.0 Å². The van der Waals surface area contributed by atoms with Gasteiger partial charge in [-0.2, -0.15) is 5.11 Å². The molecule has 6 nitrogen and oxygen atoms in total. The fraction of sp³-hybridized carbons (Fsp3) is 0.208. The van der Waals surface area contributed by atoms with E-state index in [2.05, 4.69) is 34.3 Å². The predicted molar refractivity (Wildman–Crippen MR) is 124 cm³/mol. The Balaban J connectivity index is 1.66. The number of nitrogens with one attached hydrogen (secondary N) is 1. The molecule has 0 saturated carbocycles. The predicted octanol–water partition coefficient (Wildman–Crippen LogP) is 6.09. The first-order chi connectivity index (χ1) is 14.5. The lowest BCUT2D eigenvalue weighted by Crippen LogP contribution is -2.21. The molecule has 0 unspecified atom stereocenters. The van der Waals surface area contributed by atoms with E-state index in [1.54, 1.807) is 24.3 Å². The van der Waals surface area contributed by atoms with Gasteiger partial charge in [0.2, 0.25) is 0 Å². The van der Waals surface area contributed by atoms with E-state index in [0.717, 1.165) is 24.3 Å². The minimum Gasteiger partial charge on any atom is -0.397 e. The Labute approximate surface area is 177 Å². The Bertz CT molecular complexity index is 1020. The number of nitrogens with zero attached hydrogens (tertiary/aromatic N) is 3. The minimum absolute atomic E-state index is 0.148. The molecule has 0 aromatic heterocycles. The van der Waals surface area contributed by atoms with Gasteiger partial charge in [-0.1, -0.05) is 17.7 Å². The molecule has 3 N–H and O–H groups in total. The van der Waals surface area contributed by atoms with Crippen LogP contribution >= 0.6 is 0 Å². The standard InChI is InChI=1S/C24H27N5O/c1-4-29(5-2)21-14-15-23(22(25)16-21)28-27-20-12-10-19(11-13-20)26-24(30)18-8-6-17(3)7-9-18/h6-16H,4-5,25H2,1-3H3,(H,26,30)/b28-27+. The number of carbonyl (C=O) groups excluding carboxylic acids is 1. The molecule has 0 radical (unpaired) electrons. The van der Waals surface area contributed by atoms with Crippen LogP contribution < -0.4 is 16.0 Å². The van der Waals surface area contributed by atoms with E-state index in [-0.39, 0.29) is 5.91 Å². The van der Waals surface area contributed by atoms with Crippen LogP contribution in [0.5, 0.6) is 0 Å². The molecular weight excluding hydrogens is 374 g/mol. The highest BCUT2D eigenvalue weighted by atomic mass is 16.1. The summed E-state index contributed by atoms with van der Waals surface area (Å²) in [5.74, 6) is -0.148. The first-order valence-electron chi connectivity index (χ1n) is 10.0. The van der Waals surface area contributed by atoms with Crippen molar-refractivity contribution in [2.45, 2.75) is 20.8 Å². The van der Waals surface area contributed by atoms with Crippen LogP contribution in [0.1, 0.15) is 29.8 Å². The van der Waals surface area contributed by atoms with E-state index in [1.165, 1.54) is 0 Å². The van der Waals surface area contributed by atoms with Crippen molar-refractivity contribution >= 4 is 34.3 Å². The summed E-state index contributed by atoms with van der Waals surface area (Å²) >= 11 is 0. The normalized spacial score (nSPS) is 10.9. The van der Waals surface area contributed by atoms with Gasteiger partial charge in [-0.05, 0) is 75.4 Å². The molecule has 1 amide bonds. The average molecular weight is 402 g/mol. The van der Waals surface area contributed by atoms with Gasteiger partial charge in [0, 0.05) is 30.0 Å². The number of anilines is 3. The Morgan fingerprint density at radius 2 is 1.60 bits per heavy atom. The lowest BCUT2D eigenvalue weighted by molar-refractivity contribution is 0.102. The molecular formula is C24H27N5O. The number of benzene rings is 3. The summed E-state index contributed by atoms with van der Waals surface area (Å²) in [6, 6.07) is 20.4. The zero-order valence-electron chi connectivity index (χ0n) is 17.6. The molecule has 0 aliphatic carbocycles. The maximum absolute atomic E-state index is 12.3. The SMILES string of the molecule is CCN(CC)c1ccc(/N=N/c2ccc(NC(=O)c3ccc(C)cc3)cc2)c(N)c1. The first-order valence-corrected chi connectivity index (χ1v) is 10.0. The monoisotopic (exact) mass is 401 g/mol. The van der Waals surface area contributed by atoms with Crippen molar-refractivity contribution < 1.29 is 4.79 Å². The highest BCUT2D eigenvalue weighted by Gasteiger charge is 2.07. The lowest BCUT2D eigenvalue weighted by atomic mass is 10.1. The second-order valence-electron chi connectivity index (χ2n) is 6.98. The van der Waals surface area contributed by atoms with Crippen molar-refractivity contribution in [2.75, 3.05) is 29.0 Å². The second-order valence-corrected chi connectivity index (χ2v) is 6.98. The Kier molecular flexibility index (Phi) is 6.80. The molecule has 0 saturated heterocycles. The molecule has 3 aromatic carbocycles. The number of hydrogen-bond acceptors (Lipinski definition) is 5. The average Bonchev–Trinajstić information content (AvgIpc) is 2.75. The topological polar surface area (TPSA) is 83.1 Å². The molecule has 0 fully saturated rings. The quantitative estimate of drug-likeness (QED) is 0.371. The van der Waals surface area contributed by atoms with E-state index >= 15 is 0 Å². The molecule has 0 aliphatic heterocycles. The number of aryl methyl sites for hydroxylation is 1. The van der Waals surface area contributed by atoms with E-state index in [0.29, 0.717) is 28.3 Å². The number of nitrogens with two attached hydrogens (primary N) is 1. The van der Waals surface area contributed by atoms with Crippen molar-refractivity contribution in [3.05, 3.63) is 77.9 Å². The van der Waals surface area contributed by atoms with Gasteiger partial charge < -0.3 is 16.0 Å². The zero-order valence-corrected chi connectivity index (χ0v) is 17.6. The molecule has 0 heterocycles. The Morgan fingerprint density at radius 1 is 0.933 bits per heavy atom. The van der Waals surface area contributed by atoms with Gasteiger partial charge in [-0.3, -0.25) is 4.79 Å². The van der Waals surface area contributed by atoms with Crippen molar-refractivity contribution in [3.63, 3.8) is 0 Å². The number of carbonyl (C=O) groups is 1. The molecule has 30 heavy (non-hydrogen) atoms. The molecule has 6 heteroatoms. The van der Waals surface area contributed by atoms with E-state index in [9.17, 15) is 4.79 Å². The first kappa shape index (κ1) is 21.0. The number of azo groups is 1. The van der Waals surface area contributed by atoms with Gasteiger partial charge in [-0.15, -0.1) is 5.11 Å². The van der Waals surface area contributed by atoms with E-state index in [4.69, 9.17) is 5.73 Å². The van der Waals surface area contributed by atoms with Crippen LogP contribution in [0.4, 0.5) is 28.4 Å². The summed E-state index contributed by atoms with van der Waals surface area (Å²) < 4.78 is 0. The van der Waals surface area contributed by atoms with Gasteiger partial charge in [0.1, 0.15) is 5.69 Å². The summed E-state index contributed by atoms with van der Waals surface area (Å²) in [4.78, 5) is 14.5. The maximum Gasteiger partial charge on any atom is 0.255 e. The number of amides is 1. The molecule has 3 rings (SSSR count). The van der Waals surface area contributed by atoms with Crippen molar-refractivity contribution in [2.24, 2.45) is 10.2 Å². The number of nitrogen functional groups attached to an aromatic ring is 1. The molecule has 0 spiro atoms. The van der Waals surface area contributed by atoms with Crippen LogP contribution in [0.3, 0.4) is 0 Å². The fourth-order valence-electron chi connectivity index (χ4n) is 3.05. The van der Waals surface area contributed by atoms with Crippen molar-refractivity contribution in [1.82, 2.24) is 0 Å². The zero-order chi connectivity index (χ0) is 21.5. The van der Waals surface area contributed by atoms with Gasteiger partial charge >= 0.3 is 0 Å². The molecule has 0 atom stereocenters. The van der Waals surface area contributed by atoms with Crippen LogP contribution in [0.2, 0.25) is 0 Å². The van der Waals surface area contributed by atoms with Crippen LogP contribution in [0, 0.1) is 6.92 Å². The number of hydrogen-bond donors (Lipinski definition) is 2. The van der Waals surface area contributed by atoms with E-state index < -0.39 is 0 Å². The third-order valence-corrected chi connectivity index (χ3v) is 4.85. The summed E-state index contributed by atoms with van der Waals surface area (Å²) in [5, 5.41) is 11.4. The second kappa shape index (κ2) is 9.69. The summed E-state index contributed by atoms with van der Waals surface area (Å²) in [6.45, 7) is 8.05. The molecule has 154 valence electrons. The molecule has 0 bridgehead atoms. The van der Waals surface area contributed by atoms with Crippen LogP contribution in [-0.2, 0) is 0 Å². The van der Waals surface area contributed by atoms with Gasteiger partial charge in [0.15, 0.2) is 0 Å².